The number of fused-ring (bicyclic) bond motifs is 10. The van der Waals surface area contributed by atoms with Gasteiger partial charge in [0.1, 0.15) is 0 Å². The van der Waals surface area contributed by atoms with Crippen LogP contribution < -0.4 is 0 Å². The van der Waals surface area contributed by atoms with Gasteiger partial charge in [0.25, 0.3) is 0 Å². The number of hydrogen-bond donors (Lipinski definition) is 0. The zero-order valence-corrected chi connectivity index (χ0v) is 26.6. The van der Waals surface area contributed by atoms with E-state index in [-0.39, 0.29) is 15.8 Å². The van der Waals surface area contributed by atoms with Crippen molar-refractivity contribution in [2.75, 3.05) is 0 Å². The molecule has 4 unspecified atom stereocenters. The molecule has 10 aliphatic rings. The van der Waals surface area contributed by atoms with Gasteiger partial charge < -0.3 is 0 Å². The average molecular weight is 531 g/mol. The molecule has 190 valence electrons. The first-order chi connectivity index (χ1) is 14.9. The molecule has 4 atom stereocenters. The molecule has 1 spiro atoms. The summed E-state index contributed by atoms with van der Waals surface area (Å²) in [6, 6.07) is 0. The quantitative estimate of drug-likeness (QED) is 0.195. The topological polar surface area (TPSA) is 0 Å². The van der Waals surface area contributed by atoms with Gasteiger partial charge in [0.15, 0.2) is 0 Å². The molecule has 0 bridgehead atoms. The van der Waals surface area contributed by atoms with Crippen molar-refractivity contribution in [3.63, 3.8) is 0 Å². The predicted octanol–water partition coefficient (Wildman–Crippen LogP) is 10.9. The van der Waals surface area contributed by atoms with Crippen LogP contribution in [0.4, 0.5) is 0 Å². The Balaban J connectivity index is 1.35. The second-order valence-electron chi connectivity index (χ2n) is 19.0. The second kappa shape index (κ2) is 2.58. The molecule has 10 aliphatic heterocycles. The molecule has 10 saturated heterocycles. The summed E-state index contributed by atoms with van der Waals surface area (Å²) in [4.78, 5) is 11.4. The number of hydrogen-bond acceptors (Lipinski definition) is 0. The third-order valence-corrected chi connectivity index (χ3v) is 81.0. The van der Waals surface area contributed by atoms with Crippen LogP contribution >= 0.6 is 15.8 Å². The van der Waals surface area contributed by atoms with Gasteiger partial charge in [0, 0.05) is 0 Å². The van der Waals surface area contributed by atoms with E-state index in [4.69, 9.17) is 0 Å². The maximum atomic E-state index is 2.79. The van der Waals surface area contributed by atoms with Crippen molar-refractivity contribution in [2.24, 2.45) is 0 Å². The van der Waals surface area contributed by atoms with Gasteiger partial charge in [0.2, 0.25) is 0 Å². The fraction of sp³-hybridized carbons (Fsp3) is 1.00. The molecule has 0 radical (unpaired) electrons. The van der Waals surface area contributed by atoms with Crippen LogP contribution in [-0.2, 0) is 6.51 Å². The van der Waals surface area contributed by atoms with Gasteiger partial charge in [-0.15, -0.1) is 0 Å². The van der Waals surface area contributed by atoms with Crippen LogP contribution in [0.5, 0.6) is 0 Å². The van der Waals surface area contributed by atoms with Crippen molar-refractivity contribution in [2.45, 2.75) is 176 Å². The van der Waals surface area contributed by atoms with Gasteiger partial charge in [-0.25, -0.2) is 0 Å². The van der Waals surface area contributed by atoms with Crippen LogP contribution in [-0.4, -0.2) is 28.7 Å². The Kier molecular flexibility index (Phi) is 1.59. The minimum atomic E-state index is -3.58. The number of rotatable bonds is 10. The zero-order chi connectivity index (χ0) is 23.9. The first kappa shape index (κ1) is 20.4. The normalized spacial score (nSPS) is 72.1. The summed E-state index contributed by atoms with van der Waals surface area (Å²) in [5.41, 5.74) is 0. The Labute approximate surface area is 197 Å². The van der Waals surface area contributed by atoms with Gasteiger partial charge in [-0.1, -0.05) is 0 Å². The van der Waals surface area contributed by atoms with Crippen molar-refractivity contribution in [1.82, 2.24) is 0 Å². The first-order valence-corrected chi connectivity index (χ1v) is 23.6. The van der Waals surface area contributed by atoms with E-state index in [1.807, 2.05) is 0 Å². The Hall–Kier alpha value is 1.38. The molecule has 3 heteroatoms. The summed E-state index contributed by atoms with van der Waals surface area (Å²) in [6.07, 6.45) is 5.71. The van der Waals surface area contributed by atoms with E-state index in [1.165, 1.54) is 64.2 Å². The third-order valence-electron chi connectivity index (χ3n) is 21.2. The molecule has 33 heavy (non-hydrogen) atoms. The average Bonchev–Trinajstić information content (AvgIpc) is 3.69. The SMILES string of the molecule is CCC(C)(C)P(C(C)(C)CC)[C]12[CH]3[CH]4[CH]5[C]1(P(C(C)(C)CC)C(C)(C)CC)[Fe]43521678[CH]2[CH]1[CH]6[CH]7[CH]28. The molecule has 10 fully saturated rings. The molecule has 0 N–H and O–H groups in total. The Morgan fingerprint density at radius 3 is 0.879 bits per heavy atom. The van der Waals surface area contributed by atoms with Crippen molar-refractivity contribution < 1.29 is 6.51 Å². The van der Waals surface area contributed by atoms with Crippen molar-refractivity contribution in [3.05, 3.63) is 0 Å². The van der Waals surface area contributed by atoms with E-state index in [1.54, 1.807) is 0 Å². The van der Waals surface area contributed by atoms with Crippen LogP contribution in [0.2, 0.25) is 38.5 Å². The molecule has 0 aliphatic carbocycles. The fourth-order valence-corrected chi connectivity index (χ4v) is 133. The van der Waals surface area contributed by atoms with E-state index < -0.39 is 6.51 Å². The van der Waals surface area contributed by atoms with Gasteiger partial charge in [0.05, 0.1) is 0 Å². The maximum absolute atomic E-state index is 3.58. The summed E-state index contributed by atoms with van der Waals surface area (Å²) in [7, 11) is 0.132. The van der Waals surface area contributed by atoms with Crippen LogP contribution in [0.15, 0.2) is 0 Å². The molecule has 0 aromatic rings. The van der Waals surface area contributed by atoms with Crippen LogP contribution in [0.25, 0.3) is 0 Å². The van der Waals surface area contributed by atoms with Crippen molar-refractivity contribution in [3.8, 4) is 0 Å². The monoisotopic (exact) mass is 530 g/mol. The van der Waals surface area contributed by atoms with Crippen molar-refractivity contribution in [1.29, 1.82) is 0 Å². The second-order valence-corrected chi connectivity index (χ2v) is 50.6. The van der Waals surface area contributed by atoms with Gasteiger partial charge in [-0.05, 0) is 0 Å². The Bertz CT molecular complexity index is 1290. The molecule has 10 rings (SSSR count). The van der Waals surface area contributed by atoms with E-state index in [9.17, 15) is 0 Å². The Morgan fingerprint density at radius 1 is 0.485 bits per heavy atom. The summed E-state index contributed by atoms with van der Waals surface area (Å²) >= 11 is 0. The van der Waals surface area contributed by atoms with E-state index >= 15 is 0 Å². The van der Waals surface area contributed by atoms with Gasteiger partial charge >= 0.3 is 198 Å². The van der Waals surface area contributed by atoms with Crippen LogP contribution in [0, 0.1) is 0 Å². The molecule has 0 nitrogen and oxygen atoms in total. The standard InChI is InChI=1S/C25H47P2.C5H5.Fe/c1-13-22(5,6)26(23(7,8)14-2)20-18-17-19-21(20)27(24(9,10)15-3)25(11,12)16-4;1-2-4-5-3-1;/h17-19H,13-16H2,1-12H3;1-5H;. The van der Waals surface area contributed by atoms with E-state index in [0.29, 0.717) is 20.6 Å². The third kappa shape index (κ3) is 0.430. The molecule has 0 aromatic heterocycles. The molecule has 10 heterocycles. The zero-order valence-electron chi connectivity index (χ0n) is 23.7. The molecular weight excluding hydrogens is 478 g/mol. The summed E-state index contributed by atoms with van der Waals surface area (Å²) in [5, 5.41) is 2.31. The Morgan fingerprint density at radius 2 is 0.727 bits per heavy atom. The fourth-order valence-electron chi connectivity index (χ4n) is 21.6. The van der Waals surface area contributed by atoms with Crippen molar-refractivity contribution >= 4 is 15.8 Å². The van der Waals surface area contributed by atoms with Gasteiger partial charge in [-0.3, -0.25) is 0 Å². The van der Waals surface area contributed by atoms with Crippen LogP contribution in [0.3, 0.4) is 0 Å². The summed E-state index contributed by atoms with van der Waals surface area (Å²) < 4.78 is 2.01. The van der Waals surface area contributed by atoms with Gasteiger partial charge in [-0.2, -0.15) is 0 Å². The minimum absolute atomic E-state index is 0.0660. The van der Waals surface area contributed by atoms with E-state index in [0.717, 1.165) is 8.11 Å². The molecular formula is C30H52FeP2. The first-order valence-electron chi connectivity index (χ1n) is 14.7. The molecule has 0 amide bonds. The summed E-state index contributed by atoms with van der Waals surface area (Å²) in [5.74, 6) is 0. The molecule has 0 saturated carbocycles. The van der Waals surface area contributed by atoms with Crippen LogP contribution in [0.1, 0.15) is 109 Å². The summed E-state index contributed by atoms with van der Waals surface area (Å²) in [6.45, 7) is 29.0. The molecule has 0 aromatic carbocycles. The predicted molar refractivity (Wildman–Crippen MR) is 147 cm³/mol. The van der Waals surface area contributed by atoms with E-state index in [2.05, 4.69) is 83.1 Å².